The van der Waals surface area contributed by atoms with Crippen LogP contribution in [0.15, 0.2) is 48.5 Å². The van der Waals surface area contributed by atoms with Crippen LogP contribution in [-0.4, -0.2) is 39.5 Å². The van der Waals surface area contributed by atoms with E-state index in [-0.39, 0.29) is 17.4 Å². The molecule has 0 fully saturated rings. The van der Waals surface area contributed by atoms with Gasteiger partial charge >= 0.3 is 0 Å². The van der Waals surface area contributed by atoms with E-state index in [0.29, 0.717) is 17.7 Å². The van der Waals surface area contributed by atoms with Gasteiger partial charge in [-0.2, -0.15) is 5.10 Å². The number of halogens is 1. The number of benzene rings is 2. The molecule has 0 aliphatic rings. The molecule has 1 N–H and O–H groups in total. The minimum absolute atomic E-state index is 0.0428. The van der Waals surface area contributed by atoms with Gasteiger partial charge in [-0.15, -0.1) is 0 Å². The standard InChI is InChI=1S/C23H25FN4O3/c1-16-7-8-18(14-22(16)28(30)31)23(29)27(2)13-5-3-4-6-20-15-21(26-25-20)17-9-11-19(24)12-10-17/h7-12,14-15H,3-6,13H2,1-2H3,(H,25,26). The van der Waals surface area contributed by atoms with Gasteiger partial charge in [0.05, 0.1) is 10.6 Å². The average Bonchev–Trinajstić information content (AvgIpc) is 3.22. The van der Waals surface area contributed by atoms with Gasteiger partial charge in [0.2, 0.25) is 0 Å². The van der Waals surface area contributed by atoms with Gasteiger partial charge in [0.25, 0.3) is 11.6 Å². The van der Waals surface area contributed by atoms with Crippen molar-refractivity contribution in [2.45, 2.75) is 32.6 Å². The Bertz CT molecular complexity index is 1060. The number of amides is 1. The van der Waals surface area contributed by atoms with Crippen LogP contribution >= 0.6 is 0 Å². The Morgan fingerprint density at radius 3 is 2.58 bits per heavy atom. The molecule has 1 aromatic heterocycles. The number of rotatable bonds is 9. The second-order valence-electron chi connectivity index (χ2n) is 7.58. The number of aryl methyl sites for hydroxylation is 2. The molecular weight excluding hydrogens is 399 g/mol. The van der Waals surface area contributed by atoms with Crippen LogP contribution in [0.3, 0.4) is 0 Å². The first-order chi connectivity index (χ1) is 14.8. The molecular formula is C23H25FN4O3. The summed E-state index contributed by atoms with van der Waals surface area (Å²) >= 11 is 0. The second kappa shape index (κ2) is 9.97. The fourth-order valence-electron chi connectivity index (χ4n) is 3.36. The highest BCUT2D eigenvalue weighted by molar-refractivity contribution is 5.94. The predicted octanol–water partition coefficient (Wildman–Crippen LogP) is 4.92. The highest BCUT2D eigenvalue weighted by Crippen LogP contribution is 2.21. The summed E-state index contributed by atoms with van der Waals surface area (Å²) in [6, 6.07) is 12.8. The Balaban J connectivity index is 1.44. The minimum atomic E-state index is -0.469. The van der Waals surface area contributed by atoms with E-state index in [9.17, 15) is 19.3 Å². The summed E-state index contributed by atoms with van der Waals surface area (Å²) in [5.74, 6) is -0.496. The molecule has 0 radical (unpaired) electrons. The average molecular weight is 424 g/mol. The molecule has 0 atom stereocenters. The van der Waals surface area contributed by atoms with Crippen LogP contribution in [0.5, 0.6) is 0 Å². The number of nitro benzene ring substituents is 1. The molecule has 162 valence electrons. The van der Waals surface area contributed by atoms with Crippen molar-refractivity contribution in [1.29, 1.82) is 0 Å². The van der Waals surface area contributed by atoms with Crippen molar-refractivity contribution < 1.29 is 14.1 Å². The highest BCUT2D eigenvalue weighted by Gasteiger charge is 2.17. The van der Waals surface area contributed by atoms with Crippen LogP contribution in [0.1, 0.15) is 40.9 Å². The summed E-state index contributed by atoms with van der Waals surface area (Å²) in [5, 5.41) is 18.4. The molecule has 0 aliphatic heterocycles. The van der Waals surface area contributed by atoms with Gasteiger partial charge in [-0.3, -0.25) is 20.0 Å². The van der Waals surface area contributed by atoms with Crippen molar-refractivity contribution in [3.63, 3.8) is 0 Å². The summed E-state index contributed by atoms with van der Waals surface area (Å²) in [5.41, 5.74) is 3.47. The van der Waals surface area contributed by atoms with E-state index in [2.05, 4.69) is 10.2 Å². The van der Waals surface area contributed by atoms with Crippen LogP contribution in [-0.2, 0) is 6.42 Å². The smallest absolute Gasteiger partial charge is 0.273 e. The molecule has 3 aromatic rings. The number of carbonyl (C=O) groups excluding carboxylic acids is 1. The first kappa shape index (κ1) is 22.1. The zero-order valence-corrected chi connectivity index (χ0v) is 17.6. The summed E-state index contributed by atoms with van der Waals surface area (Å²) < 4.78 is 13.0. The summed E-state index contributed by atoms with van der Waals surface area (Å²) in [7, 11) is 1.71. The van der Waals surface area contributed by atoms with Crippen LogP contribution in [0.25, 0.3) is 11.3 Å². The Kier molecular flexibility index (Phi) is 7.12. The minimum Gasteiger partial charge on any atom is -0.342 e. The third kappa shape index (κ3) is 5.75. The number of hydrogen-bond donors (Lipinski definition) is 1. The van der Waals surface area contributed by atoms with Gasteiger partial charge in [0.1, 0.15) is 5.82 Å². The summed E-state index contributed by atoms with van der Waals surface area (Å²) in [4.78, 5) is 24.7. The first-order valence-corrected chi connectivity index (χ1v) is 10.2. The van der Waals surface area contributed by atoms with Crippen LogP contribution in [0.4, 0.5) is 10.1 Å². The number of nitro groups is 1. The monoisotopic (exact) mass is 424 g/mol. The normalized spacial score (nSPS) is 10.8. The van der Waals surface area contributed by atoms with E-state index in [1.54, 1.807) is 43.1 Å². The molecule has 0 spiro atoms. The Morgan fingerprint density at radius 2 is 1.87 bits per heavy atom. The fourth-order valence-corrected chi connectivity index (χ4v) is 3.36. The zero-order valence-electron chi connectivity index (χ0n) is 17.6. The molecule has 31 heavy (non-hydrogen) atoms. The van der Waals surface area contributed by atoms with E-state index < -0.39 is 4.92 Å². The lowest BCUT2D eigenvalue weighted by Crippen LogP contribution is -2.27. The van der Waals surface area contributed by atoms with E-state index in [1.165, 1.54) is 18.2 Å². The van der Waals surface area contributed by atoms with Gasteiger partial charge in [-0.05, 0) is 62.6 Å². The third-order valence-corrected chi connectivity index (χ3v) is 5.21. The molecule has 8 heteroatoms. The highest BCUT2D eigenvalue weighted by atomic mass is 19.1. The topological polar surface area (TPSA) is 92.1 Å². The number of hydrogen-bond acceptors (Lipinski definition) is 4. The SMILES string of the molecule is Cc1ccc(C(=O)N(C)CCCCCc2cc(-c3ccc(F)cc3)n[nH]2)cc1[N+](=O)[O-]. The van der Waals surface area contributed by atoms with Gasteiger partial charge in [0, 0.05) is 42.0 Å². The lowest BCUT2D eigenvalue weighted by atomic mass is 10.1. The Morgan fingerprint density at radius 1 is 1.13 bits per heavy atom. The van der Waals surface area contributed by atoms with Crippen LogP contribution in [0.2, 0.25) is 0 Å². The fraction of sp³-hybridized carbons (Fsp3) is 0.304. The molecule has 0 saturated heterocycles. The Hall–Kier alpha value is -3.55. The van der Waals surface area contributed by atoms with Crippen molar-refractivity contribution in [3.8, 4) is 11.3 Å². The number of aromatic amines is 1. The maximum atomic E-state index is 13.0. The van der Waals surface area contributed by atoms with Crippen molar-refractivity contribution in [3.05, 3.63) is 81.3 Å². The molecule has 0 bridgehead atoms. The molecule has 1 amide bonds. The largest absolute Gasteiger partial charge is 0.342 e. The van der Waals surface area contributed by atoms with E-state index >= 15 is 0 Å². The number of nitrogens with one attached hydrogen (secondary N) is 1. The molecule has 1 heterocycles. The second-order valence-corrected chi connectivity index (χ2v) is 7.58. The van der Waals surface area contributed by atoms with Crippen molar-refractivity contribution in [2.75, 3.05) is 13.6 Å². The third-order valence-electron chi connectivity index (χ3n) is 5.21. The molecule has 3 rings (SSSR count). The molecule has 7 nitrogen and oxygen atoms in total. The number of unbranched alkanes of at least 4 members (excludes halogenated alkanes) is 2. The van der Waals surface area contributed by atoms with E-state index in [4.69, 9.17) is 0 Å². The number of aromatic nitrogens is 2. The lowest BCUT2D eigenvalue weighted by molar-refractivity contribution is -0.385. The van der Waals surface area contributed by atoms with Gasteiger partial charge in [0.15, 0.2) is 0 Å². The van der Waals surface area contributed by atoms with Crippen LogP contribution < -0.4 is 0 Å². The lowest BCUT2D eigenvalue weighted by Gasteiger charge is -2.17. The van der Waals surface area contributed by atoms with Crippen LogP contribution in [0, 0.1) is 22.9 Å². The molecule has 0 aliphatic carbocycles. The van der Waals surface area contributed by atoms with Gasteiger partial charge in [-0.1, -0.05) is 12.5 Å². The maximum Gasteiger partial charge on any atom is 0.273 e. The van der Waals surface area contributed by atoms with Crippen molar-refractivity contribution >= 4 is 11.6 Å². The number of H-pyrrole nitrogens is 1. The molecule has 0 unspecified atom stereocenters. The van der Waals surface area contributed by atoms with E-state index in [1.807, 2.05) is 6.07 Å². The maximum absolute atomic E-state index is 13.0. The number of carbonyl (C=O) groups is 1. The quantitative estimate of drug-likeness (QED) is 0.300. The van der Waals surface area contributed by atoms with Crippen molar-refractivity contribution in [1.82, 2.24) is 15.1 Å². The first-order valence-electron chi connectivity index (χ1n) is 10.2. The van der Waals surface area contributed by atoms with Gasteiger partial charge < -0.3 is 4.90 Å². The summed E-state index contributed by atoms with van der Waals surface area (Å²) in [6.07, 6.45) is 3.52. The number of nitrogens with zero attached hydrogens (tertiary/aromatic N) is 3. The summed E-state index contributed by atoms with van der Waals surface area (Å²) in [6.45, 7) is 2.22. The predicted molar refractivity (Wildman–Crippen MR) is 116 cm³/mol. The van der Waals surface area contributed by atoms with Crippen molar-refractivity contribution in [2.24, 2.45) is 0 Å². The zero-order chi connectivity index (χ0) is 22.4. The molecule has 2 aromatic carbocycles. The Labute approximate surface area is 180 Å². The molecule has 0 saturated carbocycles. The van der Waals surface area contributed by atoms with Gasteiger partial charge in [-0.25, -0.2) is 4.39 Å². The van der Waals surface area contributed by atoms with E-state index in [0.717, 1.165) is 42.6 Å².